The number of rotatable bonds is 5. The van der Waals surface area contributed by atoms with Crippen molar-refractivity contribution in [1.29, 1.82) is 0 Å². The molecular weight excluding hydrogens is 284 g/mol. The molecule has 1 fully saturated rings. The van der Waals surface area contributed by atoms with Crippen molar-refractivity contribution >= 4 is 21.8 Å². The summed E-state index contributed by atoms with van der Waals surface area (Å²) in [7, 11) is -3.40. The fourth-order valence-corrected chi connectivity index (χ4v) is 4.42. The second-order valence-corrected chi connectivity index (χ2v) is 8.70. The van der Waals surface area contributed by atoms with Crippen molar-refractivity contribution in [2.75, 3.05) is 19.0 Å². The third-order valence-electron chi connectivity index (χ3n) is 3.69. The first kappa shape index (κ1) is 17.2. The molecule has 1 saturated heterocycles. The molecule has 114 valence electrons. The molecule has 1 N–H and O–H groups in total. The molecule has 4 nitrogen and oxygen atoms in total. The van der Waals surface area contributed by atoms with Crippen molar-refractivity contribution in [2.45, 2.75) is 53.0 Å². The molecule has 0 aromatic heterocycles. The van der Waals surface area contributed by atoms with Gasteiger partial charge in [0.25, 0.3) is 10.2 Å². The molecule has 2 unspecified atom stereocenters. The fourth-order valence-electron chi connectivity index (χ4n) is 2.40. The van der Waals surface area contributed by atoms with Crippen LogP contribution in [0.2, 0.25) is 0 Å². The van der Waals surface area contributed by atoms with E-state index in [0.29, 0.717) is 31.3 Å². The minimum absolute atomic E-state index is 0.132. The standard InChI is InChI=1S/C13H27ClN2O2S/c1-11-6-5-9-16(10-11)19(17,18)15-12(7-8-14)13(2,3)4/h11-12,15H,5-10H2,1-4H3. The van der Waals surface area contributed by atoms with Gasteiger partial charge >= 0.3 is 0 Å². The van der Waals surface area contributed by atoms with Crippen LogP contribution in [0.5, 0.6) is 0 Å². The average Bonchev–Trinajstić information content (AvgIpc) is 2.27. The van der Waals surface area contributed by atoms with Gasteiger partial charge in [-0.25, -0.2) is 0 Å². The van der Waals surface area contributed by atoms with Gasteiger partial charge in [0.15, 0.2) is 0 Å². The number of nitrogens with one attached hydrogen (secondary N) is 1. The first-order chi connectivity index (χ1) is 8.66. The molecule has 1 aliphatic heterocycles. The predicted octanol–water partition coefficient (Wildman–Crippen LogP) is 2.60. The Morgan fingerprint density at radius 3 is 2.53 bits per heavy atom. The molecule has 1 heterocycles. The summed E-state index contributed by atoms with van der Waals surface area (Å²) < 4.78 is 29.3. The van der Waals surface area contributed by atoms with E-state index in [1.54, 1.807) is 4.31 Å². The van der Waals surface area contributed by atoms with Gasteiger partial charge in [0.1, 0.15) is 0 Å². The van der Waals surface area contributed by atoms with Gasteiger partial charge < -0.3 is 0 Å². The van der Waals surface area contributed by atoms with E-state index in [1.165, 1.54) is 0 Å². The molecule has 0 aliphatic carbocycles. The van der Waals surface area contributed by atoms with Gasteiger partial charge in [-0.3, -0.25) is 0 Å². The highest BCUT2D eigenvalue weighted by atomic mass is 35.5. The average molecular weight is 311 g/mol. The van der Waals surface area contributed by atoms with Crippen LogP contribution < -0.4 is 4.72 Å². The summed E-state index contributed by atoms with van der Waals surface area (Å²) in [5.41, 5.74) is -0.136. The van der Waals surface area contributed by atoms with E-state index in [1.807, 2.05) is 20.8 Å². The second kappa shape index (κ2) is 6.74. The Kier molecular flexibility index (Phi) is 6.11. The topological polar surface area (TPSA) is 49.4 Å². The summed E-state index contributed by atoms with van der Waals surface area (Å²) in [6.45, 7) is 9.44. The highest BCUT2D eigenvalue weighted by molar-refractivity contribution is 7.87. The lowest BCUT2D eigenvalue weighted by molar-refractivity contribution is 0.257. The van der Waals surface area contributed by atoms with Crippen LogP contribution in [0.4, 0.5) is 0 Å². The largest absolute Gasteiger partial charge is 0.279 e. The van der Waals surface area contributed by atoms with Crippen molar-refractivity contribution in [1.82, 2.24) is 9.03 Å². The molecule has 0 aromatic carbocycles. The zero-order valence-electron chi connectivity index (χ0n) is 12.4. The molecular formula is C13H27ClN2O2S. The van der Waals surface area contributed by atoms with E-state index in [-0.39, 0.29) is 11.5 Å². The summed E-state index contributed by atoms with van der Waals surface area (Å²) in [4.78, 5) is 0. The minimum atomic E-state index is -3.40. The van der Waals surface area contributed by atoms with E-state index in [2.05, 4.69) is 11.6 Å². The van der Waals surface area contributed by atoms with Crippen LogP contribution in [0, 0.1) is 11.3 Å². The number of nitrogens with zero attached hydrogens (tertiary/aromatic N) is 1. The van der Waals surface area contributed by atoms with E-state index in [4.69, 9.17) is 11.6 Å². The van der Waals surface area contributed by atoms with Crippen LogP contribution in [-0.2, 0) is 10.2 Å². The second-order valence-electron chi connectivity index (χ2n) is 6.62. The van der Waals surface area contributed by atoms with Crippen molar-refractivity contribution in [2.24, 2.45) is 11.3 Å². The Morgan fingerprint density at radius 1 is 1.42 bits per heavy atom. The zero-order chi connectivity index (χ0) is 14.7. The SMILES string of the molecule is CC1CCCN(S(=O)(=O)NC(CCCl)C(C)(C)C)C1. The Labute approximate surface area is 123 Å². The molecule has 0 amide bonds. The molecule has 1 rings (SSSR count). The lowest BCUT2D eigenvalue weighted by Gasteiger charge is -2.35. The lowest BCUT2D eigenvalue weighted by Crippen LogP contribution is -2.52. The van der Waals surface area contributed by atoms with Crippen LogP contribution in [0.15, 0.2) is 0 Å². The highest BCUT2D eigenvalue weighted by Crippen LogP contribution is 2.25. The van der Waals surface area contributed by atoms with Gasteiger partial charge in [-0.05, 0) is 30.6 Å². The normalized spacial score (nSPS) is 24.4. The molecule has 19 heavy (non-hydrogen) atoms. The molecule has 0 bridgehead atoms. The number of piperidine rings is 1. The van der Waals surface area contributed by atoms with Gasteiger partial charge in [0.05, 0.1) is 0 Å². The van der Waals surface area contributed by atoms with Crippen LogP contribution >= 0.6 is 11.6 Å². The van der Waals surface area contributed by atoms with Crippen molar-refractivity contribution < 1.29 is 8.42 Å². The number of halogens is 1. The Balaban J connectivity index is 2.76. The molecule has 2 atom stereocenters. The third kappa shape index (κ3) is 5.21. The highest BCUT2D eigenvalue weighted by Gasteiger charge is 2.33. The van der Waals surface area contributed by atoms with Gasteiger partial charge in [-0.2, -0.15) is 17.4 Å². The van der Waals surface area contributed by atoms with Gasteiger partial charge in [-0.1, -0.05) is 27.7 Å². The Hall–Kier alpha value is 0.160. The van der Waals surface area contributed by atoms with E-state index in [0.717, 1.165) is 12.8 Å². The summed E-state index contributed by atoms with van der Waals surface area (Å²) in [6, 6.07) is -0.132. The zero-order valence-corrected chi connectivity index (χ0v) is 14.0. The first-order valence-corrected chi connectivity index (χ1v) is 8.97. The maximum Gasteiger partial charge on any atom is 0.279 e. The van der Waals surface area contributed by atoms with Crippen LogP contribution in [0.3, 0.4) is 0 Å². The lowest BCUT2D eigenvalue weighted by atomic mass is 9.86. The molecule has 0 radical (unpaired) electrons. The molecule has 1 aliphatic rings. The van der Waals surface area contributed by atoms with Crippen molar-refractivity contribution in [3.05, 3.63) is 0 Å². The van der Waals surface area contributed by atoms with Crippen LogP contribution in [-0.4, -0.2) is 37.7 Å². The van der Waals surface area contributed by atoms with Gasteiger partial charge in [0.2, 0.25) is 0 Å². The number of hydrogen-bond acceptors (Lipinski definition) is 2. The van der Waals surface area contributed by atoms with Crippen LogP contribution in [0.1, 0.15) is 47.0 Å². The molecule has 0 aromatic rings. The van der Waals surface area contributed by atoms with Gasteiger partial charge in [0, 0.05) is 25.0 Å². The summed E-state index contributed by atoms with van der Waals surface area (Å²) in [6.07, 6.45) is 2.70. The quantitative estimate of drug-likeness (QED) is 0.794. The van der Waals surface area contributed by atoms with E-state index >= 15 is 0 Å². The smallest absolute Gasteiger partial charge is 0.198 e. The predicted molar refractivity (Wildman–Crippen MR) is 80.6 cm³/mol. The third-order valence-corrected chi connectivity index (χ3v) is 5.51. The molecule has 0 spiro atoms. The summed E-state index contributed by atoms with van der Waals surface area (Å²) in [5.74, 6) is 0.896. The molecule has 0 saturated carbocycles. The molecule has 6 heteroatoms. The summed E-state index contributed by atoms with van der Waals surface area (Å²) in [5, 5.41) is 0. The monoisotopic (exact) mass is 310 g/mol. The maximum absolute atomic E-state index is 12.4. The number of alkyl halides is 1. The minimum Gasteiger partial charge on any atom is -0.198 e. The van der Waals surface area contributed by atoms with Crippen molar-refractivity contribution in [3.63, 3.8) is 0 Å². The van der Waals surface area contributed by atoms with Gasteiger partial charge in [-0.15, -0.1) is 11.6 Å². The fraction of sp³-hybridized carbons (Fsp3) is 1.00. The van der Waals surface area contributed by atoms with E-state index in [9.17, 15) is 8.42 Å². The Morgan fingerprint density at radius 2 is 2.05 bits per heavy atom. The maximum atomic E-state index is 12.4. The van der Waals surface area contributed by atoms with Crippen molar-refractivity contribution in [3.8, 4) is 0 Å². The first-order valence-electron chi connectivity index (χ1n) is 7.00. The van der Waals surface area contributed by atoms with Crippen LogP contribution in [0.25, 0.3) is 0 Å². The summed E-state index contributed by atoms with van der Waals surface area (Å²) >= 11 is 5.79. The van der Waals surface area contributed by atoms with E-state index < -0.39 is 10.2 Å². The number of hydrogen-bond donors (Lipinski definition) is 1. The Bertz CT molecular complexity index is 379.